The summed E-state index contributed by atoms with van der Waals surface area (Å²) in [6, 6.07) is 9.33. The van der Waals surface area contributed by atoms with E-state index in [0.29, 0.717) is 0 Å². The molecule has 2 aromatic carbocycles. The van der Waals surface area contributed by atoms with Crippen LogP contribution in [-0.4, -0.2) is 46.5 Å². The number of hydrogen-bond donors (Lipinski definition) is 0. The first kappa shape index (κ1) is 28.8. The van der Waals surface area contributed by atoms with E-state index in [4.69, 9.17) is 9.31 Å². The van der Waals surface area contributed by atoms with Crippen LogP contribution in [0.2, 0.25) is 0 Å². The van der Waals surface area contributed by atoms with E-state index in [1.54, 1.807) is 18.1 Å². The van der Waals surface area contributed by atoms with Crippen LogP contribution in [0.5, 0.6) is 0 Å². The molecule has 0 fully saturated rings. The van der Waals surface area contributed by atoms with Crippen molar-refractivity contribution in [2.75, 3.05) is 0 Å². The fourth-order valence-corrected chi connectivity index (χ4v) is 10.7. The normalized spacial score (nSPS) is 13.4. The molecule has 0 atom stereocenters. The van der Waals surface area contributed by atoms with Gasteiger partial charge in [-0.3, -0.25) is 0 Å². The van der Waals surface area contributed by atoms with Gasteiger partial charge in [-0.15, -0.1) is 0 Å². The third-order valence-corrected chi connectivity index (χ3v) is 11.5. The van der Waals surface area contributed by atoms with Crippen molar-refractivity contribution in [3.05, 3.63) is 68.8 Å². The average molecular weight is 610 g/mol. The molecule has 196 valence electrons. The third-order valence-electron chi connectivity index (χ3n) is 7.58. The summed E-state index contributed by atoms with van der Waals surface area (Å²) >= 11 is -0.640. The fraction of sp³-hybridized carbons (Fsp3) is 0.500. The van der Waals surface area contributed by atoms with Crippen LogP contribution in [0.1, 0.15) is 85.0 Å². The van der Waals surface area contributed by atoms with Crippen molar-refractivity contribution < 1.29 is 9.31 Å². The molecule has 1 heterocycles. The molecule has 0 aliphatic heterocycles. The Morgan fingerprint density at radius 2 is 0.919 bits per heavy atom. The summed E-state index contributed by atoms with van der Waals surface area (Å²) in [6.07, 6.45) is 5.27. The maximum atomic E-state index is 6.86. The average Bonchev–Trinajstić information content (AvgIpc) is 3.15. The van der Waals surface area contributed by atoms with E-state index in [0.717, 1.165) is 0 Å². The van der Waals surface area contributed by atoms with E-state index < -0.39 is 20.4 Å². The van der Waals surface area contributed by atoms with Crippen molar-refractivity contribution >= 4 is 52.1 Å². The summed E-state index contributed by atoms with van der Waals surface area (Å²) in [6.45, 7) is 22.3. The molecule has 1 aliphatic rings. The SMILES string of the molecule is Cc1cc(C)c(B(OC(C)C)c2[te]c(B(OC(C)C)c3c(C)cc(C)cc3C)c3c2CCCC3)c(C)c1. The molecule has 1 aliphatic carbocycles. The zero-order chi connectivity index (χ0) is 27.0. The zero-order valence-corrected chi connectivity index (χ0v) is 27.0. The van der Waals surface area contributed by atoms with Crippen LogP contribution >= 0.6 is 0 Å². The molecule has 0 spiro atoms. The Bertz CT molecular complexity index is 1130. The number of aryl methyl sites for hydroxylation is 6. The van der Waals surface area contributed by atoms with Crippen LogP contribution in [-0.2, 0) is 22.2 Å². The van der Waals surface area contributed by atoms with Crippen LogP contribution in [0.25, 0.3) is 0 Å². The van der Waals surface area contributed by atoms with Gasteiger partial charge in [0.05, 0.1) is 0 Å². The first-order chi connectivity index (χ1) is 17.5. The minimum absolute atomic E-state index is 0.0449. The van der Waals surface area contributed by atoms with Crippen molar-refractivity contribution in [3.8, 4) is 0 Å². The van der Waals surface area contributed by atoms with Gasteiger partial charge in [-0.1, -0.05) is 0 Å². The van der Waals surface area contributed by atoms with E-state index in [1.807, 2.05) is 0 Å². The van der Waals surface area contributed by atoms with E-state index in [2.05, 4.69) is 93.5 Å². The van der Waals surface area contributed by atoms with Gasteiger partial charge in [0.15, 0.2) is 0 Å². The van der Waals surface area contributed by atoms with Gasteiger partial charge in [0.2, 0.25) is 0 Å². The number of benzene rings is 2. The zero-order valence-electron chi connectivity index (χ0n) is 24.7. The minimum atomic E-state index is -0.640. The second kappa shape index (κ2) is 11.9. The molecule has 4 rings (SSSR count). The molecule has 37 heavy (non-hydrogen) atoms. The van der Waals surface area contributed by atoms with Gasteiger partial charge in [0.1, 0.15) is 0 Å². The third kappa shape index (κ3) is 6.17. The van der Waals surface area contributed by atoms with E-state index in [1.165, 1.54) is 70.0 Å². The predicted octanol–water partition coefficient (Wildman–Crippen LogP) is 4.53. The standard InChI is InChI=1S/C32H44B2O2Te/c1-19(2)35-33(29-23(7)15-21(5)16-24(29)8)31-27-13-11-12-14-28(27)32(37-31)34(36-20(3)4)30-25(9)17-22(6)18-26(30)10/h15-20H,11-14H2,1-10H3. The molecular formula is C32H44B2O2Te. The van der Waals surface area contributed by atoms with Gasteiger partial charge in [-0.05, 0) is 0 Å². The van der Waals surface area contributed by atoms with Crippen LogP contribution < -0.4 is 17.9 Å². The van der Waals surface area contributed by atoms with Crippen LogP contribution in [0.15, 0.2) is 24.3 Å². The Morgan fingerprint density at radius 1 is 0.595 bits per heavy atom. The molecule has 0 bridgehead atoms. The van der Waals surface area contributed by atoms with E-state index in [-0.39, 0.29) is 26.0 Å². The number of rotatable bonds is 8. The summed E-state index contributed by atoms with van der Waals surface area (Å²) in [5.74, 6) is 0. The molecule has 0 amide bonds. The summed E-state index contributed by atoms with van der Waals surface area (Å²) in [5.41, 5.74) is 14.1. The van der Waals surface area contributed by atoms with Gasteiger partial charge in [-0.2, -0.15) is 0 Å². The second-order valence-corrected chi connectivity index (χ2v) is 14.8. The molecule has 0 saturated carbocycles. The summed E-state index contributed by atoms with van der Waals surface area (Å²) in [5, 5.41) is 0. The van der Waals surface area contributed by atoms with Gasteiger partial charge in [0.25, 0.3) is 0 Å². The molecule has 0 N–H and O–H groups in total. The van der Waals surface area contributed by atoms with Crippen molar-refractivity contribution in [3.63, 3.8) is 0 Å². The first-order valence-corrected chi connectivity index (χ1v) is 16.4. The van der Waals surface area contributed by atoms with Gasteiger partial charge in [-0.25, -0.2) is 0 Å². The van der Waals surface area contributed by atoms with Gasteiger partial charge in [0, 0.05) is 0 Å². The first-order valence-electron chi connectivity index (χ1n) is 14.1. The van der Waals surface area contributed by atoms with Crippen LogP contribution in [0, 0.1) is 41.5 Å². The monoisotopic (exact) mass is 612 g/mol. The fourth-order valence-electron chi connectivity index (χ4n) is 6.39. The molecule has 2 nitrogen and oxygen atoms in total. The molecule has 3 aromatic rings. The number of fused-ring (bicyclic) bond motifs is 1. The molecule has 5 heteroatoms. The van der Waals surface area contributed by atoms with Crippen LogP contribution in [0.4, 0.5) is 0 Å². The molecule has 0 radical (unpaired) electrons. The summed E-state index contributed by atoms with van der Waals surface area (Å²) in [4.78, 5) is 0. The Hall–Kier alpha value is -1.24. The second-order valence-electron chi connectivity index (χ2n) is 11.7. The van der Waals surface area contributed by atoms with Gasteiger partial charge < -0.3 is 0 Å². The Balaban J connectivity index is 1.96. The van der Waals surface area contributed by atoms with Crippen molar-refractivity contribution in [1.82, 2.24) is 0 Å². The van der Waals surface area contributed by atoms with Crippen molar-refractivity contribution in [2.24, 2.45) is 0 Å². The molecule has 0 unspecified atom stereocenters. The maximum absolute atomic E-state index is 6.86. The topological polar surface area (TPSA) is 18.5 Å². The van der Waals surface area contributed by atoms with E-state index in [9.17, 15) is 0 Å². The quantitative estimate of drug-likeness (QED) is 0.350. The Morgan fingerprint density at radius 3 is 1.22 bits per heavy atom. The van der Waals surface area contributed by atoms with Crippen molar-refractivity contribution in [1.29, 1.82) is 0 Å². The Labute approximate surface area is 236 Å². The Kier molecular flexibility index (Phi) is 9.23. The number of hydrogen-bond acceptors (Lipinski definition) is 2. The molecule has 1 aromatic heterocycles. The molecule has 0 saturated heterocycles. The predicted molar refractivity (Wildman–Crippen MR) is 164 cm³/mol. The van der Waals surface area contributed by atoms with Crippen molar-refractivity contribution in [2.45, 2.75) is 107 Å². The van der Waals surface area contributed by atoms with Crippen LogP contribution in [0.3, 0.4) is 0 Å². The van der Waals surface area contributed by atoms with E-state index >= 15 is 0 Å². The molecular weight excluding hydrogens is 566 g/mol. The van der Waals surface area contributed by atoms with Gasteiger partial charge >= 0.3 is 237 Å². The summed E-state index contributed by atoms with van der Waals surface area (Å²) in [7, 11) is 0. The summed E-state index contributed by atoms with van der Waals surface area (Å²) < 4.78 is 16.9.